The molecule has 0 aromatic heterocycles. The van der Waals surface area contributed by atoms with E-state index in [9.17, 15) is 4.79 Å². The van der Waals surface area contributed by atoms with E-state index < -0.39 is 0 Å². The number of nitrogens with zero attached hydrogens (tertiary/aromatic N) is 1. The Bertz CT molecular complexity index is 427. The molecule has 1 atom stereocenters. The molecule has 0 saturated heterocycles. The number of benzene rings is 1. The van der Waals surface area contributed by atoms with Crippen LogP contribution in [0.15, 0.2) is 18.2 Å². The molecule has 1 amide bonds. The maximum atomic E-state index is 11.8. The molecule has 0 aliphatic carbocycles. The second kappa shape index (κ2) is 6.95. The van der Waals surface area contributed by atoms with Crippen molar-refractivity contribution < 1.29 is 9.90 Å². The molecule has 0 radical (unpaired) electrons. The number of halogens is 2. The third kappa shape index (κ3) is 4.14. The summed E-state index contributed by atoms with van der Waals surface area (Å²) in [7, 11) is 1.76. The van der Waals surface area contributed by atoms with Gasteiger partial charge in [-0.3, -0.25) is 9.69 Å². The minimum absolute atomic E-state index is 0.00169. The van der Waals surface area contributed by atoms with Crippen molar-refractivity contribution >= 4 is 34.8 Å². The van der Waals surface area contributed by atoms with Crippen LogP contribution in [0, 0.1) is 0 Å². The molecular formula is C12H16Cl2N2O2. The molecule has 1 aromatic rings. The molecule has 4 nitrogen and oxygen atoms in total. The molecule has 1 unspecified atom stereocenters. The number of nitrogens with one attached hydrogen (secondary N) is 1. The Labute approximate surface area is 116 Å². The number of anilines is 1. The summed E-state index contributed by atoms with van der Waals surface area (Å²) in [4.78, 5) is 13.5. The number of carbonyl (C=O) groups is 1. The van der Waals surface area contributed by atoms with Crippen LogP contribution in [-0.4, -0.2) is 42.2 Å². The SMILES string of the molecule is CC(CO)N(C)CC(=O)Nc1cccc(Cl)c1Cl. The highest BCUT2D eigenvalue weighted by molar-refractivity contribution is 6.43. The van der Waals surface area contributed by atoms with Crippen molar-refractivity contribution in [1.29, 1.82) is 0 Å². The van der Waals surface area contributed by atoms with Crippen molar-refractivity contribution in [2.75, 3.05) is 25.5 Å². The normalized spacial score (nSPS) is 12.6. The van der Waals surface area contributed by atoms with E-state index in [-0.39, 0.29) is 25.1 Å². The summed E-state index contributed by atoms with van der Waals surface area (Å²) in [6, 6.07) is 4.97. The first kappa shape index (κ1) is 15.2. The van der Waals surface area contributed by atoms with Crippen molar-refractivity contribution in [3.05, 3.63) is 28.2 Å². The predicted octanol–water partition coefficient (Wildman–Crippen LogP) is 2.24. The average Bonchev–Trinajstić information content (AvgIpc) is 2.33. The third-order valence-electron chi connectivity index (χ3n) is 2.64. The highest BCUT2D eigenvalue weighted by Crippen LogP contribution is 2.29. The maximum Gasteiger partial charge on any atom is 0.238 e. The van der Waals surface area contributed by atoms with Crippen LogP contribution < -0.4 is 5.32 Å². The van der Waals surface area contributed by atoms with E-state index in [1.165, 1.54) is 0 Å². The topological polar surface area (TPSA) is 52.6 Å². The zero-order valence-corrected chi connectivity index (χ0v) is 11.8. The smallest absolute Gasteiger partial charge is 0.238 e. The Morgan fingerprint density at radius 1 is 1.50 bits per heavy atom. The van der Waals surface area contributed by atoms with Crippen LogP contribution in [0.2, 0.25) is 10.0 Å². The lowest BCUT2D eigenvalue weighted by atomic mass is 10.3. The van der Waals surface area contributed by atoms with Crippen molar-refractivity contribution in [3.63, 3.8) is 0 Å². The summed E-state index contributed by atoms with van der Waals surface area (Å²) in [6.45, 7) is 2.01. The summed E-state index contributed by atoms with van der Waals surface area (Å²) in [5.41, 5.74) is 0.485. The van der Waals surface area contributed by atoms with Gasteiger partial charge in [0.05, 0.1) is 28.9 Å². The van der Waals surface area contributed by atoms with Gasteiger partial charge in [-0.15, -0.1) is 0 Å². The minimum Gasteiger partial charge on any atom is -0.395 e. The van der Waals surface area contributed by atoms with E-state index in [1.54, 1.807) is 30.1 Å². The van der Waals surface area contributed by atoms with Gasteiger partial charge in [0.2, 0.25) is 5.91 Å². The standard InChI is InChI=1S/C12H16Cl2N2O2/c1-8(7-17)16(2)6-11(18)15-10-5-3-4-9(13)12(10)14/h3-5,8,17H,6-7H2,1-2H3,(H,15,18). The van der Waals surface area contributed by atoms with E-state index in [0.717, 1.165) is 0 Å². The molecule has 0 aliphatic rings. The number of likely N-dealkylation sites (N-methyl/N-ethyl adjacent to an activating group) is 1. The van der Waals surface area contributed by atoms with Crippen LogP contribution in [-0.2, 0) is 4.79 Å². The fourth-order valence-electron chi connectivity index (χ4n) is 1.31. The second-order valence-corrected chi connectivity index (χ2v) is 4.88. The van der Waals surface area contributed by atoms with Crippen LogP contribution in [0.3, 0.4) is 0 Å². The lowest BCUT2D eigenvalue weighted by molar-refractivity contribution is -0.117. The van der Waals surface area contributed by atoms with Crippen LogP contribution in [0.5, 0.6) is 0 Å². The van der Waals surface area contributed by atoms with E-state index >= 15 is 0 Å². The molecule has 0 bridgehead atoms. The van der Waals surface area contributed by atoms with Gasteiger partial charge in [0.1, 0.15) is 0 Å². The largest absolute Gasteiger partial charge is 0.395 e. The molecule has 1 rings (SSSR count). The number of hydrogen-bond acceptors (Lipinski definition) is 3. The highest BCUT2D eigenvalue weighted by atomic mass is 35.5. The van der Waals surface area contributed by atoms with Crippen molar-refractivity contribution in [3.8, 4) is 0 Å². The molecule has 1 aromatic carbocycles. The molecule has 6 heteroatoms. The summed E-state index contributed by atoms with van der Waals surface area (Å²) < 4.78 is 0. The fraction of sp³-hybridized carbons (Fsp3) is 0.417. The van der Waals surface area contributed by atoms with E-state index in [0.29, 0.717) is 15.7 Å². The second-order valence-electron chi connectivity index (χ2n) is 4.10. The highest BCUT2D eigenvalue weighted by Gasteiger charge is 2.13. The van der Waals surface area contributed by atoms with Gasteiger partial charge in [-0.2, -0.15) is 0 Å². The molecule has 0 aliphatic heterocycles. The summed E-state index contributed by atoms with van der Waals surface area (Å²) in [5, 5.41) is 12.4. The third-order valence-corrected chi connectivity index (χ3v) is 3.45. The van der Waals surface area contributed by atoms with Gasteiger partial charge < -0.3 is 10.4 Å². The van der Waals surface area contributed by atoms with Crippen molar-refractivity contribution in [2.45, 2.75) is 13.0 Å². The van der Waals surface area contributed by atoms with Gasteiger partial charge in [-0.05, 0) is 26.1 Å². The lowest BCUT2D eigenvalue weighted by Gasteiger charge is -2.22. The number of amides is 1. The molecular weight excluding hydrogens is 275 g/mol. The Kier molecular flexibility index (Phi) is 5.88. The molecule has 2 N–H and O–H groups in total. The Balaban J connectivity index is 2.62. The fourth-order valence-corrected chi connectivity index (χ4v) is 1.66. The first-order valence-corrected chi connectivity index (χ1v) is 6.26. The first-order chi connectivity index (χ1) is 8.45. The molecule has 100 valence electrons. The molecule has 18 heavy (non-hydrogen) atoms. The number of carbonyl (C=O) groups excluding carboxylic acids is 1. The monoisotopic (exact) mass is 290 g/mol. The Hall–Kier alpha value is -0.810. The zero-order chi connectivity index (χ0) is 13.7. The van der Waals surface area contributed by atoms with Crippen LogP contribution >= 0.6 is 23.2 Å². The predicted molar refractivity (Wildman–Crippen MR) is 74.3 cm³/mol. The van der Waals surface area contributed by atoms with E-state index in [1.807, 2.05) is 6.92 Å². The quantitative estimate of drug-likeness (QED) is 0.875. The number of aliphatic hydroxyl groups is 1. The van der Waals surface area contributed by atoms with Crippen LogP contribution in [0.4, 0.5) is 5.69 Å². The van der Waals surface area contributed by atoms with Gasteiger partial charge in [0, 0.05) is 6.04 Å². The van der Waals surface area contributed by atoms with Gasteiger partial charge in [-0.25, -0.2) is 0 Å². The van der Waals surface area contributed by atoms with Gasteiger partial charge in [0.25, 0.3) is 0 Å². The minimum atomic E-state index is -0.207. The van der Waals surface area contributed by atoms with E-state index in [4.69, 9.17) is 28.3 Å². The average molecular weight is 291 g/mol. The first-order valence-electron chi connectivity index (χ1n) is 5.50. The summed E-state index contributed by atoms with van der Waals surface area (Å²) in [6.07, 6.45) is 0. The molecule has 0 spiro atoms. The van der Waals surface area contributed by atoms with Crippen molar-refractivity contribution in [2.24, 2.45) is 0 Å². The number of aliphatic hydroxyl groups excluding tert-OH is 1. The Morgan fingerprint density at radius 2 is 2.17 bits per heavy atom. The number of hydrogen-bond donors (Lipinski definition) is 2. The lowest BCUT2D eigenvalue weighted by Crippen LogP contribution is -2.38. The van der Waals surface area contributed by atoms with Gasteiger partial charge in [0.15, 0.2) is 0 Å². The zero-order valence-electron chi connectivity index (χ0n) is 10.3. The van der Waals surface area contributed by atoms with Crippen LogP contribution in [0.1, 0.15) is 6.92 Å². The Morgan fingerprint density at radius 3 is 2.78 bits per heavy atom. The molecule has 0 fully saturated rings. The van der Waals surface area contributed by atoms with E-state index in [2.05, 4.69) is 5.32 Å². The molecule has 0 heterocycles. The van der Waals surface area contributed by atoms with Crippen LogP contribution in [0.25, 0.3) is 0 Å². The maximum absolute atomic E-state index is 11.8. The van der Waals surface area contributed by atoms with Gasteiger partial charge in [-0.1, -0.05) is 29.3 Å². The summed E-state index contributed by atoms with van der Waals surface area (Å²) >= 11 is 11.8. The van der Waals surface area contributed by atoms with Crippen molar-refractivity contribution in [1.82, 2.24) is 4.90 Å². The summed E-state index contributed by atoms with van der Waals surface area (Å²) in [5.74, 6) is -0.207. The number of rotatable bonds is 5. The van der Waals surface area contributed by atoms with Gasteiger partial charge >= 0.3 is 0 Å². The molecule has 0 saturated carbocycles.